The predicted molar refractivity (Wildman–Crippen MR) is 111 cm³/mol. The molecule has 1 aromatic heterocycles. The molecule has 29 heavy (non-hydrogen) atoms. The molecule has 3 heterocycles. The van der Waals surface area contributed by atoms with Gasteiger partial charge in [0.1, 0.15) is 11.2 Å². The molecule has 0 bridgehead atoms. The Bertz CT molecular complexity index is 1170. The van der Waals surface area contributed by atoms with Gasteiger partial charge in [-0.3, -0.25) is 9.59 Å². The van der Waals surface area contributed by atoms with E-state index in [0.29, 0.717) is 28.6 Å². The van der Waals surface area contributed by atoms with Crippen LogP contribution < -0.4 is 10.2 Å². The average molecular weight is 407 g/mol. The van der Waals surface area contributed by atoms with E-state index in [1.165, 1.54) is 5.56 Å². The first-order chi connectivity index (χ1) is 13.9. The van der Waals surface area contributed by atoms with Crippen molar-refractivity contribution in [2.24, 2.45) is 0 Å². The summed E-state index contributed by atoms with van der Waals surface area (Å²) in [7, 11) is 1.70. The second-order valence-corrected chi connectivity index (χ2v) is 8.09. The van der Waals surface area contributed by atoms with E-state index in [9.17, 15) is 9.59 Å². The lowest BCUT2D eigenvalue weighted by atomic mass is 9.72. The molecule has 146 valence electrons. The molecule has 1 N–H and O–H groups in total. The smallest absolute Gasteiger partial charge is 0.242 e. The number of rotatable bonds is 2. The zero-order valence-electron chi connectivity index (χ0n) is 16.1. The first kappa shape index (κ1) is 17.9. The fourth-order valence-corrected chi connectivity index (χ4v) is 4.76. The van der Waals surface area contributed by atoms with Crippen LogP contribution in [0.15, 0.2) is 48.7 Å². The minimum Gasteiger partial charge on any atom is -0.313 e. The van der Waals surface area contributed by atoms with E-state index >= 15 is 0 Å². The third kappa shape index (κ3) is 2.45. The summed E-state index contributed by atoms with van der Waals surface area (Å²) in [6, 6.07) is 13.6. The van der Waals surface area contributed by atoms with Crippen molar-refractivity contribution in [1.29, 1.82) is 0 Å². The number of nitrogens with one attached hydrogen (secondary N) is 1. The van der Waals surface area contributed by atoms with Crippen molar-refractivity contribution in [3.8, 4) is 0 Å². The van der Waals surface area contributed by atoms with Gasteiger partial charge in [-0.15, -0.1) is 0 Å². The number of aryl methyl sites for hydroxylation is 1. The van der Waals surface area contributed by atoms with Gasteiger partial charge in [0.25, 0.3) is 0 Å². The van der Waals surface area contributed by atoms with Crippen molar-refractivity contribution in [3.63, 3.8) is 0 Å². The lowest BCUT2D eigenvalue weighted by Crippen LogP contribution is -2.45. The zero-order chi connectivity index (χ0) is 20.3. The Morgan fingerprint density at radius 2 is 1.90 bits per heavy atom. The Labute approximate surface area is 173 Å². The number of para-hydroxylation sites is 1. The Balaban J connectivity index is 1.67. The van der Waals surface area contributed by atoms with Crippen LogP contribution in [0.25, 0.3) is 0 Å². The number of likely N-dealkylation sites (N-methyl/N-ethyl adjacent to an activating group) is 1. The SMILES string of the molecule is Cc1ccc(Cn2ncc3c2NC(=O)C[C@@]32C(=O)N(C)c3c(Cl)cccc32)cc1. The van der Waals surface area contributed by atoms with E-state index in [4.69, 9.17) is 11.6 Å². The molecule has 0 saturated heterocycles. The number of nitrogens with zero attached hydrogens (tertiary/aromatic N) is 3. The number of carbonyl (C=O) groups excluding carboxylic acids is 2. The summed E-state index contributed by atoms with van der Waals surface area (Å²) in [5.41, 5.74) is 3.26. The molecular weight excluding hydrogens is 388 g/mol. The van der Waals surface area contributed by atoms with Gasteiger partial charge in [0, 0.05) is 19.0 Å². The van der Waals surface area contributed by atoms with Crippen LogP contribution in [0.2, 0.25) is 5.02 Å². The van der Waals surface area contributed by atoms with Crippen molar-refractivity contribution in [1.82, 2.24) is 9.78 Å². The van der Waals surface area contributed by atoms with Crippen LogP contribution in [-0.2, 0) is 21.5 Å². The van der Waals surface area contributed by atoms with Crippen molar-refractivity contribution in [3.05, 3.63) is 75.9 Å². The van der Waals surface area contributed by atoms with E-state index in [0.717, 1.165) is 11.1 Å². The summed E-state index contributed by atoms with van der Waals surface area (Å²) in [5.74, 6) is 0.195. The predicted octanol–water partition coefficient (Wildman–Crippen LogP) is 3.50. The molecule has 0 aliphatic carbocycles. The molecule has 1 spiro atoms. The highest BCUT2D eigenvalue weighted by Crippen LogP contribution is 2.53. The van der Waals surface area contributed by atoms with Gasteiger partial charge < -0.3 is 10.2 Å². The number of amides is 2. The molecule has 2 aliphatic rings. The Hall–Kier alpha value is -3.12. The van der Waals surface area contributed by atoms with Crippen LogP contribution >= 0.6 is 11.6 Å². The molecule has 2 aromatic carbocycles. The van der Waals surface area contributed by atoms with Gasteiger partial charge in [0.05, 0.1) is 23.5 Å². The molecule has 0 unspecified atom stereocenters. The fraction of sp³-hybridized carbons (Fsp3) is 0.227. The zero-order valence-corrected chi connectivity index (χ0v) is 16.8. The summed E-state index contributed by atoms with van der Waals surface area (Å²) in [5, 5.41) is 7.95. The number of fused-ring (bicyclic) bond motifs is 4. The third-order valence-electron chi connectivity index (χ3n) is 5.89. The summed E-state index contributed by atoms with van der Waals surface area (Å²) >= 11 is 6.41. The van der Waals surface area contributed by atoms with E-state index < -0.39 is 5.41 Å². The van der Waals surface area contributed by atoms with Gasteiger partial charge in [-0.2, -0.15) is 5.10 Å². The van der Waals surface area contributed by atoms with Gasteiger partial charge in [0.2, 0.25) is 11.8 Å². The quantitative estimate of drug-likeness (QED) is 0.708. The van der Waals surface area contributed by atoms with Crippen LogP contribution in [0.3, 0.4) is 0 Å². The van der Waals surface area contributed by atoms with Crippen molar-refractivity contribution in [2.75, 3.05) is 17.3 Å². The van der Waals surface area contributed by atoms with Crippen molar-refractivity contribution >= 4 is 34.9 Å². The maximum Gasteiger partial charge on any atom is 0.242 e. The van der Waals surface area contributed by atoms with Crippen LogP contribution in [0.1, 0.15) is 28.7 Å². The second-order valence-electron chi connectivity index (χ2n) is 7.68. The number of hydrogen-bond acceptors (Lipinski definition) is 3. The number of hydrogen-bond donors (Lipinski definition) is 1. The summed E-state index contributed by atoms with van der Waals surface area (Å²) in [4.78, 5) is 27.7. The minimum atomic E-state index is -1.10. The third-order valence-corrected chi connectivity index (χ3v) is 6.19. The lowest BCUT2D eigenvalue weighted by molar-refractivity contribution is -0.126. The summed E-state index contributed by atoms with van der Waals surface area (Å²) < 4.78 is 1.74. The molecule has 0 saturated carbocycles. The topological polar surface area (TPSA) is 67.2 Å². The van der Waals surface area contributed by atoms with Crippen molar-refractivity contribution < 1.29 is 9.59 Å². The molecule has 7 heteroatoms. The Kier molecular flexibility index (Phi) is 3.83. The fourth-order valence-electron chi connectivity index (χ4n) is 4.46. The number of aromatic nitrogens is 2. The molecule has 0 radical (unpaired) electrons. The minimum absolute atomic E-state index is 0.0345. The average Bonchev–Trinajstić information content (AvgIpc) is 3.18. The highest BCUT2D eigenvalue weighted by Gasteiger charge is 2.56. The molecule has 2 aliphatic heterocycles. The van der Waals surface area contributed by atoms with Crippen molar-refractivity contribution in [2.45, 2.75) is 25.3 Å². The maximum atomic E-state index is 13.5. The van der Waals surface area contributed by atoms with E-state index in [1.807, 2.05) is 43.3 Å². The van der Waals surface area contributed by atoms with Gasteiger partial charge in [-0.05, 0) is 24.1 Å². The molecule has 3 aromatic rings. The summed E-state index contributed by atoms with van der Waals surface area (Å²) in [6.45, 7) is 2.53. The number of anilines is 2. The van der Waals surface area contributed by atoms with Gasteiger partial charge >= 0.3 is 0 Å². The van der Waals surface area contributed by atoms with Crippen LogP contribution in [0.4, 0.5) is 11.5 Å². The monoisotopic (exact) mass is 406 g/mol. The first-order valence-electron chi connectivity index (χ1n) is 9.40. The molecule has 2 amide bonds. The van der Waals surface area contributed by atoms with Crippen LogP contribution in [0, 0.1) is 6.92 Å². The van der Waals surface area contributed by atoms with E-state index in [2.05, 4.69) is 10.4 Å². The second kappa shape index (κ2) is 6.19. The normalized spacial score (nSPS) is 20.0. The van der Waals surface area contributed by atoms with Crippen LogP contribution in [-0.4, -0.2) is 28.6 Å². The largest absolute Gasteiger partial charge is 0.313 e. The Morgan fingerprint density at radius 1 is 1.14 bits per heavy atom. The maximum absolute atomic E-state index is 13.5. The lowest BCUT2D eigenvalue weighted by Gasteiger charge is -2.32. The van der Waals surface area contributed by atoms with Gasteiger partial charge in [-0.25, -0.2) is 4.68 Å². The molecule has 6 nitrogen and oxygen atoms in total. The van der Waals surface area contributed by atoms with Crippen LogP contribution in [0.5, 0.6) is 0 Å². The summed E-state index contributed by atoms with van der Waals surface area (Å²) in [6.07, 6.45) is 1.73. The molecule has 5 rings (SSSR count). The number of carbonyl (C=O) groups is 2. The van der Waals surface area contributed by atoms with Gasteiger partial charge in [-0.1, -0.05) is 53.6 Å². The van der Waals surface area contributed by atoms with E-state index in [-0.39, 0.29) is 18.2 Å². The molecular formula is C22H19ClN4O2. The standard InChI is InChI=1S/C22H19ClN4O2/c1-13-6-8-14(9-7-13)12-27-20-16(11-24-27)22(10-18(28)25-20)15-4-3-5-17(23)19(15)26(2)21(22)29/h3-9,11H,10,12H2,1-2H3,(H,25,28)/t22-/m0/s1. The van der Waals surface area contributed by atoms with E-state index in [1.54, 1.807) is 28.9 Å². The molecule has 1 atom stereocenters. The number of benzene rings is 2. The first-order valence-corrected chi connectivity index (χ1v) is 9.78. The Morgan fingerprint density at radius 3 is 2.66 bits per heavy atom. The molecule has 0 fully saturated rings. The highest BCUT2D eigenvalue weighted by molar-refractivity contribution is 6.35. The number of halogens is 1. The van der Waals surface area contributed by atoms with Gasteiger partial charge in [0.15, 0.2) is 0 Å². The highest BCUT2D eigenvalue weighted by atomic mass is 35.5.